The highest BCUT2D eigenvalue weighted by Gasteiger charge is 2.30. The fourth-order valence-corrected chi connectivity index (χ4v) is 6.67. The molecular formula is C32H37N5O2S. The zero-order valence-corrected chi connectivity index (χ0v) is 24.4. The Balaban J connectivity index is 1.26. The maximum atomic E-state index is 10.3. The van der Waals surface area contributed by atoms with Crippen LogP contribution in [0.4, 0.5) is 5.69 Å². The third-order valence-electron chi connectivity index (χ3n) is 8.04. The summed E-state index contributed by atoms with van der Waals surface area (Å²) in [5.41, 5.74) is 4.77. The van der Waals surface area contributed by atoms with E-state index >= 15 is 0 Å². The zero-order chi connectivity index (χ0) is 27.7. The van der Waals surface area contributed by atoms with Crippen molar-refractivity contribution < 1.29 is 9.84 Å². The number of pyridine rings is 1. The summed E-state index contributed by atoms with van der Waals surface area (Å²) in [4.78, 5) is 10.8. The summed E-state index contributed by atoms with van der Waals surface area (Å²) in [6, 6.07) is 14.7. The molecule has 8 heteroatoms. The van der Waals surface area contributed by atoms with Crippen LogP contribution in [0.3, 0.4) is 0 Å². The van der Waals surface area contributed by atoms with Gasteiger partial charge in [0.15, 0.2) is 5.82 Å². The van der Waals surface area contributed by atoms with Gasteiger partial charge in [0, 0.05) is 30.9 Å². The predicted molar refractivity (Wildman–Crippen MR) is 162 cm³/mol. The Morgan fingerprint density at radius 1 is 1.07 bits per heavy atom. The van der Waals surface area contributed by atoms with Crippen molar-refractivity contribution in [2.75, 3.05) is 50.8 Å². The number of fused-ring (bicyclic) bond motifs is 1. The van der Waals surface area contributed by atoms with Gasteiger partial charge >= 0.3 is 0 Å². The Morgan fingerprint density at radius 3 is 2.62 bits per heavy atom. The Bertz CT molecular complexity index is 1540. The van der Waals surface area contributed by atoms with Gasteiger partial charge in [0.2, 0.25) is 0 Å². The fourth-order valence-electron chi connectivity index (χ4n) is 5.66. The number of piperidine rings is 1. The molecule has 0 unspecified atom stereocenters. The molecule has 2 aliphatic rings. The molecule has 4 aromatic rings. The summed E-state index contributed by atoms with van der Waals surface area (Å²) < 4.78 is 8.67. The number of aromatic nitrogens is 3. The van der Waals surface area contributed by atoms with Crippen LogP contribution in [-0.4, -0.2) is 76.3 Å². The number of benzene rings is 1. The largest absolute Gasteiger partial charge is 0.390 e. The van der Waals surface area contributed by atoms with Crippen LogP contribution in [-0.2, 0) is 4.74 Å². The van der Waals surface area contributed by atoms with Crippen LogP contribution in [0.5, 0.6) is 0 Å². The van der Waals surface area contributed by atoms with Crippen molar-refractivity contribution in [2.24, 2.45) is 5.92 Å². The van der Waals surface area contributed by atoms with Crippen LogP contribution in [0, 0.1) is 24.7 Å². The van der Waals surface area contributed by atoms with E-state index < -0.39 is 5.60 Å². The second-order valence-corrected chi connectivity index (χ2v) is 12.5. The minimum atomic E-state index is -0.600. The molecule has 7 nitrogen and oxygen atoms in total. The van der Waals surface area contributed by atoms with E-state index in [1.807, 2.05) is 30.8 Å². The topological polar surface area (TPSA) is 66.7 Å². The lowest BCUT2D eigenvalue weighted by molar-refractivity contribution is -0.0108. The van der Waals surface area contributed by atoms with Crippen LogP contribution in [0.25, 0.3) is 27.3 Å². The van der Waals surface area contributed by atoms with E-state index in [-0.39, 0.29) is 0 Å². The SMILES string of the molecule is Cc1cccc(-c2ccn(-c3cc(N4CCOCC4)c4sc(C#CCN5CCC(C(C)(C)O)CC5)cc4n3)n2)c1. The third-order valence-corrected chi connectivity index (χ3v) is 9.10. The molecule has 2 saturated heterocycles. The first-order valence-corrected chi connectivity index (χ1v) is 15.0. The lowest BCUT2D eigenvalue weighted by atomic mass is 9.83. The summed E-state index contributed by atoms with van der Waals surface area (Å²) in [5, 5.41) is 15.2. The first kappa shape index (κ1) is 27.0. The van der Waals surface area contributed by atoms with Gasteiger partial charge in [-0.1, -0.05) is 35.6 Å². The lowest BCUT2D eigenvalue weighted by Gasteiger charge is -2.37. The van der Waals surface area contributed by atoms with Crippen molar-refractivity contribution in [3.8, 4) is 28.9 Å². The second kappa shape index (κ2) is 11.3. The van der Waals surface area contributed by atoms with E-state index in [1.54, 1.807) is 11.3 Å². The highest BCUT2D eigenvalue weighted by Crippen LogP contribution is 2.35. The van der Waals surface area contributed by atoms with E-state index in [9.17, 15) is 5.11 Å². The monoisotopic (exact) mass is 555 g/mol. The normalized spacial score (nSPS) is 17.2. The van der Waals surface area contributed by atoms with Crippen molar-refractivity contribution in [1.82, 2.24) is 19.7 Å². The van der Waals surface area contributed by atoms with Gasteiger partial charge in [-0.05, 0) is 70.8 Å². The molecule has 5 heterocycles. The van der Waals surface area contributed by atoms with Crippen LogP contribution in [0.2, 0.25) is 0 Å². The highest BCUT2D eigenvalue weighted by atomic mass is 32.1. The number of likely N-dealkylation sites (tertiary alicyclic amines) is 1. The van der Waals surface area contributed by atoms with Gasteiger partial charge in [-0.3, -0.25) is 4.90 Å². The molecule has 0 bridgehead atoms. The van der Waals surface area contributed by atoms with E-state index in [0.717, 1.165) is 90.9 Å². The van der Waals surface area contributed by atoms with Gasteiger partial charge in [0.25, 0.3) is 0 Å². The number of hydrogen-bond acceptors (Lipinski definition) is 7. The van der Waals surface area contributed by atoms with Crippen molar-refractivity contribution >= 4 is 27.2 Å². The van der Waals surface area contributed by atoms with E-state index in [4.69, 9.17) is 14.8 Å². The molecule has 2 aliphatic heterocycles. The third kappa shape index (κ3) is 5.93. The van der Waals surface area contributed by atoms with Gasteiger partial charge in [-0.2, -0.15) is 5.10 Å². The summed E-state index contributed by atoms with van der Waals surface area (Å²) in [5.74, 6) is 7.98. The zero-order valence-electron chi connectivity index (χ0n) is 23.6. The first-order chi connectivity index (χ1) is 19.3. The smallest absolute Gasteiger partial charge is 0.156 e. The van der Waals surface area contributed by atoms with E-state index in [2.05, 4.69) is 65.0 Å². The number of nitrogens with zero attached hydrogens (tertiary/aromatic N) is 5. The average molecular weight is 556 g/mol. The minimum absolute atomic E-state index is 0.362. The molecule has 0 saturated carbocycles. The first-order valence-electron chi connectivity index (χ1n) is 14.2. The molecule has 0 atom stereocenters. The Kier molecular flexibility index (Phi) is 7.65. The Morgan fingerprint density at radius 2 is 1.88 bits per heavy atom. The lowest BCUT2D eigenvalue weighted by Crippen LogP contribution is -2.41. The van der Waals surface area contributed by atoms with Crippen LogP contribution in [0.15, 0.2) is 48.7 Å². The summed E-state index contributed by atoms with van der Waals surface area (Å²) >= 11 is 1.72. The van der Waals surface area contributed by atoms with Gasteiger partial charge in [0.1, 0.15) is 0 Å². The number of rotatable bonds is 5. The van der Waals surface area contributed by atoms with Gasteiger partial charge in [-0.15, -0.1) is 11.3 Å². The summed E-state index contributed by atoms with van der Waals surface area (Å²) in [6.45, 7) is 11.8. The second-order valence-electron chi connectivity index (χ2n) is 11.4. The number of morpholine rings is 1. The van der Waals surface area contributed by atoms with Crippen LogP contribution in [0.1, 0.15) is 37.1 Å². The number of aliphatic hydroxyl groups is 1. The van der Waals surface area contributed by atoms with Crippen molar-refractivity contribution in [3.05, 3.63) is 59.1 Å². The molecule has 208 valence electrons. The van der Waals surface area contributed by atoms with Crippen molar-refractivity contribution in [2.45, 2.75) is 39.2 Å². The molecule has 1 N–H and O–H groups in total. The Labute approximate surface area is 240 Å². The van der Waals surface area contributed by atoms with Crippen molar-refractivity contribution in [1.29, 1.82) is 0 Å². The molecule has 0 aliphatic carbocycles. The van der Waals surface area contributed by atoms with Gasteiger partial charge < -0.3 is 14.7 Å². The molecule has 2 fully saturated rings. The molecule has 1 aromatic carbocycles. The van der Waals surface area contributed by atoms with Gasteiger partial charge in [0.05, 0.1) is 51.8 Å². The quantitative estimate of drug-likeness (QED) is 0.345. The average Bonchev–Trinajstić information content (AvgIpc) is 3.60. The predicted octanol–water partition coefficient (Wildman–Crippen LogP) is 5.13. The maximum absolute atomic E-state index is 10.3. The molecular weight excluding hydrogens is 518 g/mol. The number of aryl methyl sites for hydroxylation is 1. The molecule has 0 radical (unpaired) electrons. The summed E-state index contributed by atoms with van der Waals surface area (Å²) in [7, 11) is 0. The van der Waals surface area contributed by atoms with E-state index in [1.165, 1.54) is 11.3 Å². The molecule has 0 amide bonds. The number of thiophene rings is 1. The standard InChI is InChI=1S/C32H37N5O2S/c1-23-6-4-7-24(20-23)27-11-15-37(34-27)30-22-29(36-16-18-39-19-17-36)31-28(33-30)21-26(40-31)8-5-12-35-13-9-25(10-14-35)32(2,3)38/h4,6-7,11,15,20-22,25,38H,9-10,12-14,16-19H2,1-3H3. The number of anilines is 1. The fraction of sp³-hybridized carbons (Fsp3) is 0.438. The maximum Gasteiger partial charge on any atom is 0.156 e. The van der Waals surface area contributed by atoms with Crippen molar-refractivity contribution in [3.63, 3.8) is 0 Å². The highest BCUT2D eigenvalue weighted by molar-refractivity contribution is 7.20. The molecule has 6 rings (SSSR count). The number of ether oxygens (including phenoxy) is 1. The van der Waals surface area contributed by atoms with E-state index in [0.29, 0.717) is 5.92 Å². The minimum Gasteiger partial charge on any atom is -0.390 e. The van der Waals surface area contributed by atoms with Crippen LogP contribution < -0.4 is 4.90 Å². The molecule has 40 heavy (non-hydrogen) atoms. The summed E-state index contributed by atoms with van der Waals surface area (Å²) in [6.07, 6.45) is 4.02. The van der Waals surface area contributed by atoms with Crippen LogP contribution >= 0.6 is 11.3 Å². The Hall–Kier alpha value is -3.22. The molecule has 3 aromatic heterocycles. The van der Waals surface area contributed by atoms with Gasteiger partial charge in [-0.25, -0.2) is 9.67 Å². The molecule has 0 spiro atoms. The number of hydrogen-bond donors (Lipinski definition) is 1.